The van der Waals surface area contributed by atoms with E-state index in [0.717, 1.165) is 5.69 Å². The van der Waals surface area contributed by atoms with Crippen LogP contribution < -0.4 is 10.1 Å². The van der Waals surface area contributed by atoms with Crippen molar-refractivity contribution >= 4 is 21.6 Å². The number of nitrogens with zero attached hydrogens (tertiary/aromatic N) is 2. The van der Waals surface area contributed by atoms with Crippen LogP contribution in [-0.2, 0) is 14.8 Å². The first-order chi connectivity index (χ1) is 13.9. The highest BCUT2D eigenvalue weighted by atomic mass is 32.2. The molecule has 0 unspecified atom stereocenters. The molecule has 1 saturated heterocycles. The monoisotopic (exact) mass is 417 g/mol. The van der Waals surface area contributed by atoms with Crippen LogP contribution in [0.15, 0.2) is 59.5 Å². The predicted octanol–water partition coefficient (Wildman–Crippen LogP) is 2.42. The second-order valence-electron chi connectivity index (χ2n) is 6.84. The van der Waals surface area contributed by atoms with Gasteiger partial charge in [0.2, 0.25) is 15.9 Å². The molecular formula is C21H27N3O4S. The maximum absolute atomic E-state index is 12.9. The molecule has 8 heteroatoms. The maximum atomic E-state index is 12.9. The van der Waals surface area contributed by atoms with Gasteiger partial charge in [-0.3, -0.25) is 4.79 Å². The molecule has 2 aromatic rings. The van der Waals surface area contributed by atoms with E-state index in [1.165, 1.54) is 4.31 Å². The van der Waals surface area contributed by atoms with Crippen molar-refractivity contribution in [3.63, 3.8) is 0 Å². The average molecular weight is 418 g/mol. The molecule has 1 atom stereocenters. The van der Waals surface area contributed by atoms with Crippen LogP contribution in [0, 0.1) is 0 Å². The first-order valence-corrected chi connectivity index (χ1v) is 11.2. The van der Waals surface area contributed by atoms with Crippen LogP contribution in [0.25, 0.3) is 0 Å². The Morgan fingerprint density at radius 1 is 1.03 bits per heavy atom. The molecule has 0 aliphatic carbocycles. The lowest BCUT2D eigenvalue weighted by molar-refractivity contribution is -0.132. The molecule has 29 heavy (non-hydrogen) atoms. The summed E-state index contributed by atoms with van der Waals surface area (Å²) in [6.07, 6.45) is 0. The molecule has 0 saturated carbocycles. The fourth-order valence-corrected chi connectivity index (χ4v) is 4.77. The molecule has 7 nitrogen and oxygen atoms in total. The highest BCUT2D eigenvalue weighted by Crippen LogP contribution is 2.25. The third-order valence-corrected chi connectivity index (χ3v) is 6.77. The van der Waals surface area contributed by atoms with Crippen LogP contribution in [0.5, 0.6) is 5.75 Å². The van der Waals surface area contributed by atoms with Gasteiger partial charge in [0, 0.05) is 26.2 Å². The summed E-state index contributed by atoms with van der Waals surface area (Å²) in [6, 6.07) is 15.4. The summed E-state index contributed by atoms with van der Waals surface area (Å²) in [7, 11) is -3.53. The molecule has 1 heterocycles. The number of carbonyl (C=O) groups excluding carboxylic acids is 1. The zero-order valence-corrected chi connectivity index (χ0v) is 17.6. The Bertz CT molecular complexity index is 926. The van der Waals surface area contributed by atoms with Gasteiger partial charge in [-0.05, 0) is 38.1 Å². The Morgan fingerprint density at radius 2 is 1.66 bits per heavy atom. The van der Waals surface area contributed by atoms with Crippen LogP contribution in [0.4, 0.5) is 5.69 Å². The van der Waals surface area contributed by atoms with Crippen molar-refractivity contribution in [3.05, 3.63) is 54.6 Å². The zero-order chi connectivity index (χ0) is 20.9. The second-order valence-corrected chi connectivity index (χ2v) is 8.78. The standard InChI is InChI=1S/C21H27N3O4S/c1-3-28-20-12-8-7-11-19(20)22-17(2)21(25)23-13-15-24(16-14-23)29(26,27)18-9-5-4-6-10-18/h4-12,17,22H,3,13-16H2,1-2H3/t17-/m0/s1. The van der Waals surface area contributed by atoms with Crippen LogP contribution in [-0.4, -0.2) is 62.4 Å². The average Bonchev–Trinajstić information content (AvgIpc) is 2.75. The number of ether oxygens (including phenoxy) is 1. The molecule has 1 N–H and O–H groups in total. The molecular weight excluding hydrogens is 390 g/mol. The fourth-order valence-electron chi connectivity index (χ4n) is 3.33. The number of benzene rings is 2. The molecule has 156 valence electrons. The van der Waals surface area contributed by atoms with Crippen LogP contribution in [0.3, 0.4) is 0 Å². The van der Waals surface area contributed by atoms with Gasteiger partial charge in [0.25, 0.3) is 0 Å². The van der Waals surface area contributed by atoms with Gasteiger partial charge in [0.05, 0.1) is 17.2 Å². The number of hydrogen-bond donors (Lipinski definition) is 1. The van der Waals surface area contributed by atoms with Crippen molar-refractivity contribution < 1.29 is 17.9 Å². The highest BCUT2D eigenvalue weighted by Gasteiger charge is 2.31. The van der Waals surface area contributed by atoms with Crippen LogP contribution in [0.2, 0.25) is 0 Å². The SMILES string of the molecule is CCOc1ccccc1N[C@@H](C)C(=O)N1CCN(S(=O)(=O)c2ccccc2)CC1. The van der Waals surface area contributed by atoms with E-state index in [0.29, 0.717) is 25.4 Å². The van der Waals surface area contributed by atoms with Crippen LogP contribution >= 0.6 is 0 Å². The number of hydrogen-bond acceptors (Lipinski definition) is 5. The molecule has 1 aliphatic heterocycles. The summed E-state index contributed by atoms with van der Waals surface area (Å²) in [5.41, 5.74) is 0.764. The molecule has 1 fully saturated rings. The molecule has 1 aliphatic rings. The smallest absolute Gasteiger partial charge is 0.244 e. The predicted molar refractivity (Wildman–Crippen MR) is 112 cm³/mol. The lowest BCUT2D eigenvalue weighted by atomic mass is 10.2. The molecule has 1 amide bonds. The van der Waals surface area contributed by atoms with E-state index >= 15 is 0 Å². The van der Waals surface area contributed by atoms with E-state index < -0.39 is 16.1 Å². The largest absolute Gasteiger partial charge is 0.492 e. The fraction of sp³-hybridized carbons (Fsp3) is 0.381. The van der Waals surface area contributed by atoms with Gasteiger partial charge in [0.1, 0.15) is 11.8 Å². The summed E-state index contributed by atoms with van der Waals surface area (Å²) in [4.78, 5) is 14.8. The quantitative estimate of drug-likeness (QED) is 0.749. The molecule has 0 spiro atoms. The molecule has 0 bridgehead atoms. The molecule has 0 radical (unpaired) electrons. The van der Waals surface area contributed by atoms with E-state index in [1.54, 1.807) is 42.2 Å². The Balaban J connectivity index is 1.60. The number of nitrogens with one attached hydrogen (secondary N) is 1. The zero-order valence-electron chi connectivity index (χ0n) is 16.7. The van der Waals surface area contributed by atoms with Gasteiger partial charge in [-0.15, -0.1) is 0 Å². The van der Waals surface area contributed by atoms with Gasteiger partial charge in [-0.2, -0.15) is 4.31 Å². The van der Waals surface area contributed by atoms with E-state index in [9.17, 15) is 13.2 Å². The molecule has 0 aromatic heterocycles. The number of rotatable bonds is 7. The minimum Gasteiger partial charge on any atom is -0.492 e. The van der Waals surface area contributed by atoms with Gasteiger partial charge in [-0.25, -0.2) is 8.42 Å². The van der Waals surface area contributed by atoms with Crippen molar-refractivity contribution in [1.29, 1.82) is 0 Å². The van der Waals surface area contributed by atoms with E-state index in [4.69, 9.17) is 4.74 Å². The summed E-state index contributed by atoms with van der Waals surface area (Å²) >= 11 is 0. The topological polar surface area (TPSA) is 79.0 Å². The van der Waals surface area contributed by atoms with Crippen molar-refractivity contribution in [3.8, 4) is 5.75 Å². The number of sulfonamides is 1. The second kappa shape index (κ2) is 9.28. The van der Waals surface area contributed by atoms with E-state index in [-0.39, 0.29) is 23.9 Å². The normalized spacial score (nSPS) is 16.3. The highest BCUT2D eigenvalue weighted by molar-refractivity contribution is 7.89. The summed E-state index contributed by atoms with van der Waals surface area (Å²) in [5.74, 6) is 0.640. The number of amides is 1. The molecule has 3 rings (SSSR count). The lowest BCUT2D eigenvalue weighted by Crippen LogP contribution is -2.53. The number of para-hydroxylation sites is 2. The minimum absolute atomic E-state index is 0.0620. The Morgan fingerprint density at radius 3 is 2.31 bits per heavy atom. The van der Waals surface area contributed by atoms with Crippen molar-refractivity contribution in [2.24, 2.45) is 0 Å². The Hall–Kier alpha value is -2.58. The number of anilines is 1. The van der Waals surface area contributed by atoms with Crippen molar-refractivity contribution in [2.45, 2.75) is 24.8 Å². The minimum atomic E-state index is -3.53. The third kappa shape index (κ3) is 4.89. The first-order valence-electron chi connectivity index (χ1n) is 9.76. The summed E-state index contributed by atoms with van der Waals surface area (Å²) in [5, 5.41) is 3.21. The Labute approximate surface area is 172 Å². The number of piperazine rings is 1. The van der Waals surface area contributed by atoms with E-state index in [1.807, 2.05) is 31.2 Å². The van der Waals surface area contributed by atoms with Gasteiger partial charge >= 0.3 is 0 Å². The van der Waals surface area contributed by atoms with Crippen molar-refractivity contribution in [2.75, 3.05) is 38.1 Å². The number of carbonyl (C=O) groups is 1. The van der Waals surface area contributed by atoms with Crippen LogP contribution in [0.1, 0.15) is 13.8 Å². The summed E-state index contributed by atoms with van der Waals surface area (Å²) < 4.78 is 32.5. The van der Waals surface area contributed by atoms with Crippen molar-refractivity contribution in [1.82, 2.24) is 9.21 Å². The Kier molecular flexibility index (Phi) is 6.76. The first kappa shape index (κ1) is 21.1. The lowest BCUT2D eigenvalue weighted by Gasteiger charge is -2.35. The van der Waals surface area contributed by atoms with Gasteiger partial charge in [-0.1, -0.05) is 30.3 Å². The molecule has 2 aromatic carbocycles. The maximum Gasteiger partial charge on any atom is 0.244 e. The van der Waals surface area contributed by atoms with E-state index in [2.05, 4.69) is 5.32 Å². The summed E-state index contributed by atoms with van der Waals surface area (Å²) in [6.45, 7) is 5.55. The van der Waals surface area contributed by atoms with Gasteiger partial charge in [0.15, 0.2) is 0 Å². The third-order valence-electron chi connectivity index (χ3n) is 4.86. The van der Waals surface area contributed by atoms with Gasteiger partial charge < -0.3 is 15.0 Å².